The van der Waals surface area contributed by atoms with Crippen molar-refractivity contribution in [2.45, 2.75) is 20.4 Å². The van der Waals surface area contributed by atoms with Crippen molar-refractivity contribution in [3.05, 3.63) is 41.0 Å². The molecule has 0 spiro atoms. The van der Waals surface area contributed by atoms with Crippen LogP contribution in [0.2, 0.25) is 0 Å². The SMILES string of the molecule is Cc1nn(C)c(C)c1CNC(=O)c1cc(N)ccn1. The fourth-order valence-corrected chi connectivity index (χ4v) is 1.90. The number of nitrogens with two attached hydrogens (primary N) is 1. The summed E-state index contributed by atoms with van der Waals surface area (Å²) in [5, 5.41) is 7.13. The number of pyridine rings is 1. The van der Waals surface area contributed by atoms with Crippen LogP contribution >= 0.6 is 0 Å². The van der Waals surface area contributed by atoms with E-state index in [-0.39, 0.29) is 5.91 Å². The highest BCUT2D eigenvalue weighted by Gasteiger charge is 2.12. The van der Waals surface area contributed by atoms with Crippen LogP contribution in [0, 0.1) is 13.8 Å². The molecule has 0 radical (unpaired) electrons. The molecule has 2 aromatic heterocycles. The second-order valence-corrected chi connectivity index (χ2v) is 4.43. The molecule has 0 aromatic carbocycles. The van der Waals surface area contributed by atoms with Gasteiger partial charge in [-0.3, -0.25) is 14.5 Å². The molecule has 2 heterocycles. The Hall–Kier alpha value is -2.37. The largest absolute Gasteiger partial charge is 0.399 e. The van der Waals surface area contributed by atoms with Gasteiger partial charge in [-0.15, -0.1) is 0 Å². The summed E-state index contributed by atoms with van der Waals surface area (Å²) in [4.78, 5) is 15.9. The maximum Gasteiger partial charge on any atom is 0.270 e. The maximum atomic E-state index is 11.9. The third-order valence-electron chi connectivity index (χ3n) is 3.10. The molecule has 2 aromatic rings. The van der Waals surface area contributed by atoms with Gasteiger partial charge >= 0.3 is 0 Å². The van der Waals surface area contributed by atoms with Crippen molar-refractivity contribution in [2.75, 3.05) is 5.73 Å². The van der Waals surface area contributed by atoms with Crippen LogP contribution in [0.5, 0.6) is 0 Å². The number of carbonyl (C=O) groups is 1. The predicted molar refractivity (Wildman–Crippen MR) is 72.5 cm³/mol. The summed E-state index contributed by atoms with van der Waals surface area (Å²) in [6.45, 7) is 4.33. The lowest BCUT2D eigenvalue weighted by Gasteiger charge is -2.05. The molecule has 0 aliphatic rings. The highest BCUT2D eigenvalue weighted by Crippen LogP contribution is 2.11. The van der Waals surface area contributed by atoms with Crippen molar-refractivity contribution < 1.29 is 4.79 Å². The van der Waals surface area contributed by atoms with Gasteiger partial charge in [0.1, 0.15) is 5.69 Å². The van der Waals surface area contributed by atoms with E-state index in [0.29, 0.717) is 17.9 Å². The van der Waals surface area contributed by atoms with Gasteiger partial charge in [-0.05, 0) is 26.0 Å². The summed E-state index contributed by atoms with van der Waals surface area (Å²) in [6, 6.07) is 3.20. The number of rotatable bonds is 3. The topological polar surface area (TPSA) is 85.8 Å². The summed E-state index contributed by atoms with van der Waals surface area (Å²) < 4.78 is 1.80. The van der Waals surface area contributed by atoms with Crippen molar-refractivity contribution in [1.82, 2.24) is 20.1 Å². The molecule has 0 unspecified atom stereocenters. The van der Waals surface area contributed by atoms with E-state index in [9.17, 15) is 4.79 Å². The summed E-state index contributed by atoms with van der Waals surface area (Å²) >= 11 is 0. The fourth-order valence-electron chi connectivity index (χ4n) is 1.90. The van der Waals surface area contributed by atoms with Gasteiger partial charge in [-0.2, -0.15) is 5.10 Å². The lowest BCUT2D eigenvalue weighted by Crippen LogP contribution is -2.24. The highest BCUT2D eigenvalue weighted by atomic mass is 16.1. The first kappa shape index (κ1) is 13.1. The standard InChI is InChI=1S/C13H17N5O/c1-8-11(9(2)18(3)17-8)7-16-13(19)12-6-10(14)4-5-15-12/h4-6H,7H2,1-3H3,(H2,14,15)(H,16,19). The monoisotopic (exact) mass is 259 g/mol. The van der Waals surface area contributed by atoms with Crippen molar-refractivity contribution in [2.24, 2.45) is 7.05 Å². The smallest absolute Gasteiger partial charge is 0.270 e. The van der Waals surface area contributed by atoms with Gasteiger partial charge in [0, 0.05) is 36.7 Å². The molecule has 0 saturated carbocycles. The van der Waals surface area contributed by atoms with Crippen LogP contribution < -0.4 is 11.1 Å². The molecule has 0 aliphatic carbocycles. The van der Waals surface area contributed by atoms with E-state index in [1.807, 2.05) is 20.9 Å². The number of anilines is 1. The first-order chi connectivity index (χ1) is 8.99. The summed E-state index contributed by atoms with van der Waals surface area (Å²) in [5.74, 6) is -0.241. The molecule has 3 N–H and O–H groups in total. The van der Waals surface area contributed by atoms with E-state index in [2.05, 4.69) is 15.4 Å². The zero-order chi connectivity index (χ0) is 14.0. The number of hydrogen-bond donors (Lipinski definition) is 2. The van der Waals surface area contributed by atoms with Crippen LogP contribution in [0.3, 0.4) is 0 Å². The van der Waals surface area contributed by atoms with Gasteiger partial charge in [-0.25, -0.2) is 0 Å². The lowest BCUT2D eigenvalue weighted by molar-refractivity contribution is 0.0946. The number of aromatic nitrogens is 3. The Balaban J connectivity index is 2.09. The first-order valence-corrected chi connectivity index (χ1v) is 5.98. The minimum Gasteiger partial charge on any atom is -0.399 e. The molecule has 6 nitrogen and oxygen atoms in total. The van der Waals surface area contributed by atoms with Crippen LogP contribution in [0.4, 0.5) is 5.69 Å². The number of hydrogen-bond acceptors (Lipinski definition) is 4. The highest BCUT2D eigenvalue weighted by molar-refractivity contribution is 5.92. The lowest BCUT2D eigenvalue weighted by atomic mass is 10.2. The van der Waals surface area contributed by atoms with Crippen molar-refractivity contribution >= 4 is 11.6 Å². The van der Waals surface area contributed by atoms with Crippen LogP contribution in [0.25, 0.3) is 0 Å². The molecule has 1 amide bonds. The van der Waals surface area contributed by atoms with E-state index >= 15 is 0 Å². The van der Waals surface area contributed by atoms with Crippen LogP contribution in [-0.4, -0.2) is 20.7 Å². The fraction of sp³-hybridized carbons (Fsp3) is 0.308. The Kier molecular flexibility index (Phi) is 3.50. The molecule has 0 bridgehead atoms. The zero-order valence-corrected chi connectivity index (χ0v) is 11.3. The first-order valence-electron chi connectivity index (χ1n) is 5.98. The third kappa shape index (κ3) is 2.73. The summed E-state index contributed by atoms with van der Waals surface area (Å²) in [6.07, 6.45) is 1.52. The minimum absolute atomic E-state index is 0.241. The normalized spacial score (nSPS) is 10.5. The number of carbonyl (C=O) groups excluding carboxylic acids is 1. The summed E-state index contributed by atoms with van der Waals surface area (Å²) in [5.41, 5.74) is 9.45. The van der Waals surface area contributed by atoms with Gasteiger partial charge in [0.05, 0.1) is 5.69 Å². The second-order valence-electron chi connectivity index (χ2n) is 4.43. The number of nitrogens with one attached hydrogen (secondary N) is 1. The molecule has 0 saturated heterocycles. The van der Waals surface area contributed by atoms with E-state index in [0.717, 1.165) is 17.0 Å². The van der Waals surface area contributed by atoms with Crippen LogP contribution in [-0.2, 0) is 13.6 Å². The number of nitrogens with zero attached hydrogens (tertiary/aromatic N) is 3. The molecular formula is C13H17N5O. The Morgan fingerprint density at radius 1 is 1.47 bits per heavy atom. The van der Waals surface area contributed by atoms with E-state index in [4.69, 9.17) is 5.73 Å². The quantitative estimate of drug-likeness (QED) is 0.859. The number of nitrogen functional groups attached to an aromatic ring is 1. The molecule has 100 valence electrons. The maximum absolute atomic E-state index is 11.9. The van der Waals surface area contributed by atoms with E-state index in [1.165, 1.54) is 6.20 Å². The van der Waals surface area contributed by atoms with Crippen LogP contribution in [0.1, 0.15) is 27.4 Å². The minimum atomic E-state index is -0.241. The molecular weight excluding hydrogens is 242 g/mol. The second kappa shape index (κ2) is 5.09. The molecule has 0 atom stereocenters. The average molecular weight is 259 g/mol. The third-order valence-corrected chi connectivity index (χ3v) is 3.10. The number of aryl methyl sites for hydroxylation is 2. The van der Waals surface area contributed by atoms with E-state index in [1.54, 1.807) is 16.8 Å². The van der Waals surface area contributed by atoms with Crippen molar-refractivity contribution in [1.29, 1.82) is 0 Å². The Morgan fingerprint density at radius 3 is 2.79 bits per heavy atom. The van der Waals surface area contributed by atoms with Crippen molar-refractivity contribution in [3.63, 3.8) is 0 Å². The Labute approximate surface area is 111 Å². The zero-order valence-electron chi connectivity index (χ0n) is 11.3. The van der Waals surface area contributed by atoms with Gasteiger partial charge in [0.2, 0.25) is 0 Å². The van der Waals surface area contributed by atoms with E-state index < -0.39 is 0 Å². The molecule has 6 heteroatoms. The molecule has 0 aliphatic heterocycles. The Bertz CT molecular complexity index is 617. The number of amides is 1. The van der Waals surface area contributed by atoms with Gasteiger partial charge < -0.3 is 11.1 Å². The summed E-state index contributed by atoms with van der Waals surface area (Å²) in [7, 11) is 1.88. The predicted octanol–water partition coefficient (Wildman–Crippen LogP) is 0.944. The van der Waals surface area contributed by atoms with Crippen molar-refractivity contribution in [3.8, 4) is 0 Å². The van der Waals surface area contributed by atoms with Gasteiger partial charge in [-0.1, -0.05) is 0 Å². The Morgan fingerprint density at radius 2 is 2.21 bits per heavy atom. The molecule has 0 fully saturated rings. The molecule has 19 heavy (non-hydrogen) atoms. The van der Waals surface area contributed by atoms with Gasteiger partial charge in [0.25, 0.3) is 5.91 Å². The molecule has 2 rings (SSSR count). The van der Waals surface area contributed by atoms with Crippen LogP contribution in [0.15, 0.2) is 18.3 Å². The average Bonchev–Trinajstić information content (AvgIpc) is 2.61. The van der Waals surface area contributed by atoms with Gasteiger partial charge in [0.15, 0.2) is 0 Å².